The molecular weight excluding hydrogens is 362 g/mol. The van der Waals surface area contributed by atoms with Gasteiger partial charge in [0.25, 0.3) is 0 Å². The van der Waals surface area contributed by atoms with Gasteiger partial charge in [-0.3, -0.25) is 4.79 Å². The minimum Gasteiger partial charge on any atom is -0.493 e. The Labute approximate surface area is 153 Å². The van der Waals surface area contributed by atoms with Gasteiger partial charge in [-0.1, -0.05) is 13.3 Å². The van der Waals surface area contributed by atoms with E-state index in [4.69, 9.17) is 9.47 Å². The zero-order chi connectivity index (χ0) is 19.5. The van der Waals surface area contributed by atoms with Crippen LogP contribution in [-0.2, 0) is 14.8 Å². The number of hydrogen-bond donors (Lipinski definition) is 2. The SMILES string of the molecule is CCC[C@]1(C(=O)O)CN(S(=O)(=O)c2ccc(OC)c(OC)c2)CC[C@@H]1O. The van der Waals surface area contributed by atoms with Crippen LogP contribution in [0, 0.1) is 5.41 Å². The molecular formula is C17H25NO7S. The average Bonchev–Trinajstić information content (AvgIpc) is 2.62. The summed E-state index contributed by atoms with van der Waals surface area (Å²) in [7, 11) is -1.09. The van der Waals surface area contributed by atoms with E-state index >= 15 is 0 Å². The molecule has 26 heavy (non-hydrogen) atoms. The molecule has 0 spiro atoms. The van der Waals surface area contributed by atoms with Crippen molar-refractivity contribution < 1.29 is 32.9 Å². The second kappa shape index (κ2) is 7.81. The van der Waals surface area contributed by atoms with E-state index in [1.165, 1.54) is 32.4 Å². The van der Waals surface area contributed by atoms with E-state index in [9.17, 15) is 23.4 Å². The lowest BCUT2D eigenvalue weighted by molar-refractivity contribution is -0.161. The number of benzene rings is 1. The number of aliphatic carboxylic acids is 1. The normalized spacial score (nSPS) is 24.2. The summed E-state index contributed by atoms with van der Waals surface area (Å²) < 4.78 is 37.5. The third-order valence-corrected chi connectivity index (χ3v) is 6.70. The van der Waals surface area contributed by atoms with Gasteiger partial charge in [-0.25, -0.2) is 8.42 Å². The Morgan fingerprint density at radius 3 is 2.50 bits per heavy atom. The number of aliphatic hydroxyl groups excluding tert-OH is 1. The summed E-state index contributed by atoms with van der Waals surface area (Å²) >= 11 is 0. The van der Waals surface area contributed by atoms with Crippen molar-refractivity contribution in [2.24, 2.45) is 5.41 Å². The molecule has 1 saturated heterocycles. The summed E-state index contributed by atoms with van der Waals surface area (Å²) in [5.74, 6) is -0.519. The standard InChI is InChI=1S/C17H25NO7S/c1-4-8-17(16(20)21)11-18(9-7-15(17)19)26(22,23)12-5-6-13(24-2)14(10-12)25-3/h5-6,10,15,19H,4,7-9,11H2,1-3H3,(H,20,21)/t15-,17-/m0/s1. The number of aliphatic hydroxyl groups is 1. The number of carbonyl (C=O) groups is 1. The molecule has 146 valence electrons. The van der Waals surface area contributed by atoms with E-state index in [0.29, 0.717) is 12.2 Å². The maximum absolute atomic E-state index is 13.0. The Kier molecular flexibility index (Phi) is 6.15. The highest BCUT2D eigenvalue weighted by Crippen LogP contribution is 2.38. The molecule has 1 aliphatic heterocycles. The molecule has 2 N–H and O–H groups in total. The van der Waals surface area contributed by atoms with Crippen molar-refractivity contribution in [1.82, 2.24) is 4.31 Å². The van der Waals surface area contributed by atoms with E-state index in [-0.39, 0.29) is 36.6 Å². The molecule has 8 nitrogen and oxygen atoms in total. The Bertz CT molecular complexity index is 764. The molecule has 0 saturated carbocycles. The van der Waals surface area contributed by atoms with Crippen LogP contribution < -0.4 is 9.47 Å². The largest absolute Gasteiger partial charge is 0.493 e. The molecule has 2 atom stereocenters. The lowest BCUT2D eigenvalue weighted by Gasteiger charge is -2.42. The first kappa shape index (κ1) is 20.5. The summed E-state index contributed by atoms with van der Waals surface area (Å²) in [4.78, 5) is 11.8. The van der Waals surface area contributed by atoms with E-state index in [0.717, 1.165) is 4.31 Å². The van der Waals surface area contributed by atoms with Crippen LogP contribution in [0.1, 0.15) is 26.2 Å². The fraction of sp³-hybridized carbons (Fsp3) is 0.588. The predicted octanol–water partition coefficient (Wildman–Crippen LogP) is 1.33. The van der Waals surface area contributed by atoms with E-state index in [1.54, 1.807) is 6.92 Å². The highest BCUT2D eigenvalue weighted by atomic mass is 32.2. The Morgan fingerprint density at radius 2 is 1.96 bits per heavy atom. The van der Waals surface area contributed by atoms with Gasteiger partial charge in [-0.05, 0) is 25.0 Å². The summed E-state index contributed by atoms with van der Waals surface area (Å²) in [6.45, 7) is 1.59. The van der Waals surface area contributed by atoms with Gasteiger partial charge in [0, 0.05) is 19.2 Å². The third-order valence-electron chi connectivity index (χ3n) is 4.86. The molecule has 9 heteroatoms. The van der Waals surface area contributed by atoms with Gasteiger partial charge in [-0.2, -0.15) is 4.31 Å². The van der Waals surface area contributed by atoms with Gasteiger partial charge in [0.15, 0.2) is 11.5 Å². The third kappa shape index (κ3) is 3.51. The van der Waals surface area contributed by atoms with Gasteiger partial charge in [-0.15, -0.1) is 0 Å². The number of hydrogen-bond acceptors (Lipinski definition) is 6. The summed E-state index contributed by atoms with van der Waals surface area (Å²) in [5.41, 5.74) is -1.50. The Balaban J connectivity index is 2.41. The van der Waals surface area contributed by atoms with Crippen molar-refractivity contribution in [3.63, 3.8) is 0 Å². The van der Waals surface area contributed by atoms with Crippen LogP contribution >= 0.6 is 0 Å². The molecule has 1 aromatic carbocycles. The minimum atomic E-state index is -3.94. The first-order valence-electron chi connectivity index (χ1n) is 8.36. The van der Waals surface area contributed by atoms with Crippen molar-refractivity contribution in [2.75, 3.05) is 27.3 Å². The fourth-order valence-electron chi connectivity index (χ4n) is 3.38. The zero-order valence-corrected chi connectivity index (χ0v) is 16.0. The Morgan fingerprint density at radius 1 is 1.31 bits per heavy atom. The summed E-state index contributed by atoms with van der Waals surface area (Å²) in [6, 6.07) is 4.23. The van der Waals surface area contributed by atoms with Gasteiger partial charge < -0.3 is 19.7 Å². The van der Waals surface area contributed by atoms with Crippen molar-refractivity contribution in [2.45, 2.75) is 37.2 Å². The number of ether oxygens (including phenoxy) is 2. The van der Waals surface area contributed by atoms with Crippen LogP contribution in [0.3, 0.4) is 0 Å². The molecule has 0 aromatic heterocycles. The average molecular weight is 387 g/mol. The molecule has 1 aromatic rings. The van der Waals surface area contributed by atoms with E-state index in [1.807, 2.05) is 0 Å². The van der Waals surface area contributed by atoms with Crippen molar-refractivity contribution in [3.05, 3.63) is 18.2 Å². The molecule has 0 amide bonds. The molecule has 1 aliphatic rings. The highest BCUT2D eigenvalue weighted by Gasteiger charge is 2.50. The number of piperidine rings is 1. The van der Waals surface area contributed by atoms with Gasteiger partial charge in [0.2, 0.25) is 10.0 Å². The van der Waals surface area contributed by atoms with Crippen LogP contribution in [0.5, 0.6) is 11.5 Å². The Hall–Kier alpha value is -1.84. The summed E-state index contributed by atoms with van der Waals surface area (Å²) in [5, 5.41) is 20.0. The molecule has 0 aliphatic carbocycles. The number of carboxylic acids is 1. The minimum absolute atomic E-state index is 0.0117. The monoisotopic (exact) mass is 387 g/mol. The lowest BCUT2D eigenvalue weighted by atomic mass is 9.74. The quantitative estimate of drug-likeness (QED) is 0.725. The smallest absolute Gasteiger partial charge is 0.313 e. The molecule has 1 heterocycles. The first-order valence-corrected chi connectivity index (χ1v) is 9.80. The molecule has 0 bridgehead atoms. The van der Waals surface area contributed by atoms with E-state index in [2.05, 4.69) is 0 Å². The van der Waals surface area contributed by atoms with Crippen LogP contribution in [0.4, 0.5) is 0 Å². The molecule has 2 rings (SSSR count). The van der Waals surface area contributed by atoms with Gasteiger partial charge >= 0.3 is 5.97 Å². The van der Waals surface area contributed by atoms with Crippen LogP contribution in [0.2, 0.25) is 0 Å². The molecule has 0 unspecified atom stereocenters. The van der Waals surface area contributed by atoms with Crippen LogP contribution in [-0.4, -0.2) is 62.3 Å². The maximum atomic E-state index is 13.0. The predicted molar refractivity (Wildman–Crippen MR) is 93.9 cm³/mol. The van der Waals surface area contributed by atoms with Crippen molar-refractivity contribution in [1.29, 1.82) is 0 Å². The van der Waals surface area contributed by atoms with Gasteiger partial charge in [0.05, 0.1) is 25.2 Å². The second-order valence-electron chi connectivity index (χ2n) is 6.37. The zero-order valence-electron chi connectivity index (χ0n) is 15.1. The highest BCUT2D eigenvalue weighted by molar-refractivity contribution is 7.89. The maximum Gasteiger partial charge on any atom is 0.313 e. The van der Waals surface area contributed by atoms with Crippen LogP contribution in [0.25, 0.3) is 0 Å². The van der Waals surface area contributed by atoms with Gasteiger partial charge in [0.1, 0.15) is 5.41 Å². The molecule has 1 fully saturated rings. The second-order valence-corrected chi connectivity index (χ2v) is 8.31. The lowest BCUT2D eigenvalue weighted by Crippen LogP contribution is -2.57. The number of nitrogens with zero attached hydrogens (tertiary/aromatic N) is 1. The van der Waals surface area contributed by atoms with E-state index < -0.39 is 27.5 Å². The number of methoxy groups -OCH3 is 2. The van der Waals surface area contributed by atoms with Crippen molar-refractivity contribution in [3.8, 4) is 11.5 Å². The molecule has 0 radical (unpaired) electrons. The number of carboxylic acid groups (broad SMARTS) is 1. The topological polar surface area (TPSA) is 113 Å². The fourth-order valence-corrected chi connectivity index (χ4v) is 4.92. The van der Waals surface area contributed by atoms with Crippen LogP contribution in [0.15, 0.2) is 23.1 Å². The van der Waals surface area contributed by atoms with Crippen molar-refractivity contribution >= 4 is 16.0 Å². The summed E-state index contributed by atoms with van der Waals surface area (Å²) in [6.07, 6.45) is -0.301. The number of sulfonamides is 1. The number of rotatable bonds is 7. The first-order chi connectivity index (χ1) is 12.2.